The third kappa shape index (κ3) is 4.33. The number of benzene rings is 1. The van der Waals surface area contributed by atoms with Crippen LogP contribution < -0.4 is 0 Å². The van der Waals surface area contributed by atoms with E-state index in [1.54, 1.807) is 0 Å². The molecule has 1 fully saturated rings. The molecule has 0 saturated carbocycles. The third-order valence-electron chi connectivity index (χ3n) is 4.64. The Labute approximate surface area is 139 Å². The Morgan fingerprint density at radius 1 is 1.13 bits per heavy atom. The first-order chi connectivity index (χ1) is 10.8. The van der Waals surface area contributed by atoms with Gasteiger partial charge in [0, 0.05) is 17.5 Å². The van der Waals surface area contributed by atoms with Gasteiger partial charge in [-0.3, -0.25) is 4.84 Å². The van der Waals surface area contributed by atoms with Gasteiger partial charge >= 0.3 is 5.97 Å². The molecule has 0 spiro atoms. The predicted octanol–water partition coefficient (Wildman–Crippen LogP) is 3.75. The number of piperidine rings is 1. The fourth-order valence-corrected chi connectivity index (χ4v) is 3.51. The molecule has 0 bridgehead atoms. The van der Waals surface area contributed by atoms with Gasteiger partial charge in [-0.2, -0.15) is 5.06 Å². The van der Waals surface area contributed by atoms with Crippen molar-refractivity contribution in [2.45, 2.75) is 70.6 Å². The summed E-state index contributed by atoms with van der Waals surface area (Å²) in [7, 11) is 1.41. The van der Waals surface area contributed by atoms with Crippen molar-refractivity contribution < 1.29 is 14.4 Å². The minimum absolute atomic E-state index is 0.106. The van der Waals surface area contributed by atoms with Crippen molar-refractivity contribution in [1.82, 2.24) is 5.06 Å². The number of methoxy groups -OCH3 is 1. The smallest absolute Gasteiger partial charge is 0.337 e. The number of esters is 1. The van der Waals surface area contributed by atoms with E-state index in [9.17, 15) is 4.79 Å². The van der Waals surface area contributed by atoms with E-state index < -0.39 is 6.10 Å². The first-order valence-electron chi connectivity index (χ1n) is 8.35. The van der Waals surface area contributed by atoms with E-state index in [0.29, 0.717) is 6.42 Å². The van der Waals surface area contributed by atoms with E-state index in [4.69, 9.17) is 9.57 Å². The van der Waals surface area contributed by atoms with E-state index in [1.807, 2.05) is 35.4 Å². The molecule has 23 heavy (non-hydrogen) atoms. The van der Waals surface area contributed by atoms with Gasteiger partial charge in [-0.1, -0.05) is 30.3 Å². The summed E-state index contributed by atoms with van der Waals surface area (Å²) in [6.07, 6.45) is 3.15. The first-order valence-corrected chi connectivity index (χ1v) is 8.35. The van der Waals surface area contributed by atoms with Crippen LogP contribution in [0.1, 0.15) is 52.5 Å². The molecule has 1 aliphatic rings. The normalized spacial score (nSPS) is 21.6. The molecule has 0 amide bonds. The fraction of sp³-hybridized carbons (Fsp3) is 0.632. The van der Waals surface area contributed by atoms with Crippen molar-refractivity contribution in [1.29, 1.82) is 0 Å². The molecule has 1 aromatic carbocycles. The number of hydroxylamine groups is 2. The van der Waals surface area contributed by atoms with Gasteiger partial charge in [0.25, 0.3) is 0 Å². The van der Waals surface area contributed by atoms with Gasteiger partial charge in [-0.05, 0) is 52.5 Å². The number of hydrogen-bond donors (Lipinski definition) is 0. The molecule has 0 radical (unpaired) electrons. The zero-order chi connectivity index (χ0) is 17.1. The topological polar surface area (TPSA) is 38.8 Å². The minimum atomic E-state index is -0.626. The van der Waals surface area contributed by atoms with Gasteiger partial charge in [0.05, 0.1) is 7.11 Å². The van der Waals surface area contributed by atoms with Crippen LogP contribution >= 0.6 is 0 Å². The number of carbonyl (C=O) groups excluding carboxylic acids is 1. The average Bonchev–Trinajstić information content (AvgIpc) is 2.49. The molecule has 4 heteroatoms. The van der Waals surface area contributed by atoms with Crippen molar-refractivity contribution in [3.05, 3.63) is 35.9 Å². The summed E-state index contributed by atoms with van der Waals surface area (Å²) in [5.74, 6) is -0.328. The molecule has 0 aromatic heterocycles. The van der Waals surface area contributed by atoms with E-state index in [2.05, 4.69) is 27.7 Å². The Balaban J connectivity index is 2.20. The van der Waals surface area contributed by atoms with Crippen LogP contribution in [0.25, 0.3) is 0 Å². The Morgan fingerprint density at radius 3 is 2.22 bits per heavy atom. The highest BCUT2D eigenvalue weighted by Crippen LogP contribution is 2.39. The van der Waals surface area contributed by atoms with Crippen LogP contribution in [0, 0.1) is 0 Å². The summed E-state index contributed by atoms with van der Waals surface area (Å²) in [6.45, 7) is 8.69. The molecule has 1 aliphatic heterocycles. The first kappa shape index (κ1) is 18.0. The van der Waals surface area contributed by atoms with E-state index in [1.165, 1.54) is 13.5 Å². The lowest BCUT2D eigenvalue weighted by Gasteiger charge is -2.52. The van der Waals surface area contributed by atoms with E-state index >= 15 is 0 Å². The highest BCUT2D eigenvalue weighted by Gasteiger charge is 2.44. The molecule has 1 aromatic rings. The van der Waals surface area contributed by atoms with E-state index in [-0.39, 0.29) is 17.0 Å². The molecule has 2 rings (SSSR count). The zero-order valence-corrected chi connectivity index (χ0v) is 15.0. The Morgan fingerprint density at radius 2 is 1.70 bits per heavy atom. The Hall–Kier alpha value is -1.39. The summed E-state index contributed by atoms with van der Waals surface area (Å²) in [5, 5.41) is 2.02. The van der Waals surface area contributed by atoms with Gasteiger partial charge in [0.2, 0.25) is 0 Å². The highest BCUT2D eigenvalue weighted by molar-refractivity contribution is 5.74. The lowest BCUT2D eigenvalue weighted by Crippen LogP contribution is -2.60. The number of hydrogen-bond acceptors (Lipinski definition) is 4. The van der Waals surface area contributed by atoms with Crippen molar-refractivity contribution in [3.8, 4) is 0 Å². The molecule has 1 saturated heterocycles. The minimum Gasteiger partial charge on any atom is -0.467 e. The average molecular weight is 319 g/mol. The maximum Gasteiger partial charge on any atom is 0.337 e. The SMILES string of the molecule is COC(=O)C(Cc1ccccc1)ON1C(C)(C)CCCC1(C)C. The number of carbonyl (C=O) groups is 1. The molecule has 0 aliphatic carbocycles. The molecular weight excluding hydrogens is 290 g/mol. The monoisotopic (exact) mass is 319 g/mol. The second-order valence-electron chi connectivity index (χ2n) is 7.58. The Bertz CT molecular complexity index is 509. The number of ether oxygens (including phenoxy) is 1. The molecule has 1 heterocycles. The third-order valence-corrected chi connectivity index (χ3v) is 4.64. The van der Waals surface area contributed by atoms with Gasteiger partial charge in [-0.15, -0.1) is 0 Å². The number of nitrogens with zero attached hydrogens (tertiary/aromatic N) is 1. The maximum absolute atomic E-state index is 12.2. The fourth-order valence-electron chi connectivity index (χ4n) is 3.51. The zero-order valence-electron chi connectivity index (χ0n) is 15.0. The van der Waals surface area contributed by atoms with Crippen molar-refractivity contribution in [2.75, 3.05) is 7.11 Å². The van der Waals surface area contributed by atoms with Crippen LogP contribution in [0.4, 0.5) is 0 Å². The molecule has 0 N–H and O–H groups in total. The van der Waals surface area contributed by atoms with Crippen LogP contribution in [0.15, 0.2) is 30.3 Å². The summed E-state index contributed by atoms with van der Waals surface area (Å²) in [6, 6.07) is 9.92. The quantitative estimate of drug-likeness (QED) is 0.775. The van der Waals surface area contributed by atoms with Gasteiger partial charge in [0.1, 0.15) is 0 Å². The molecule has 1 atom stereocenters. The van der Waals surface area contributed by atoms with Gasteiger partial charge in [0.15, 0.2) is 6.10 Å². The van der Waals surface area contributed by atoms with Crippen molar-refractivity contribution >= 4 is 5.97 Å². The molecule has 4 nitrogen and oxygen atoms in total. The lowest BCUT2D eigenvalue weighted by atomic mass is 9.82. The van der Waals surface area contributed by atoms with Gasteiger partial charge in [-0.25, -0.2) is 4.79 Å². The largest absolute Gasteiger partial charge is 0.467 e. The predicted molar refractivity (Wildman–Crippen MR) is 90.9 cm³/mol. The maximum atomic E-state index is 12.2. The van der Waals surface area contributed by atoms with Crippen LogP contribution in [0.2, 0.25) is 0 Å². The Kier molecular flexibility index (Phi) is 5.48. The lowest BCUT2D eigenvalue weighted by molar-refractivity contribution is -0.302. The second kappa shape index (κ2) is 7.02. The summed E-state index contributed by atoms with van der Waals surface area (Å²) < 4.78 is 4.97. The van der Waals surface area contributed by atoms with Crippen LogP contribution in [-0.2, 0) is 20.8 Å². The van der Waals surface area contributed by atoms with Crippen LogP contribution in [-0.4, -0.2) is 35.3 Å². The van der Waals surface area contributed by atoms with Crippen molar-refractivity contribution in [2.24, 2.45) is 0 Å². The molecular formula is C19H29NO3. The van der Waals surface area contributed by atoms with Crippen LogP contribution in [0.5, 0.6) is 0 Å². The summed E-state index contributed by atoms with van der Waals surface area (Å²) in [5.41, 5.74) is 0.852. The van der Waals surface area contributed by atoms with Crippen molar-refractivity contribution in [3.63, 3.8) is 0 Å². The highest BCUT2D eigenvalue weighted by atomic mass is 16.7. The molecule has 1 unspecified atom stereocenters. The second-order valence-corrected chi connectivity index (χ2v) is 7.58. The molecule has 128 valence electrons. The van der Waals surface area contributed by atoms with Crippen LogP contribution in [0.3, 0.4) is 0 Å². The number of rotatable bonds is 5. The summed E-state index contributed by atoms with van der Waals surface area (Å²) >= 11 is 0. The standard InChI is InChI=1S/C19H29NO3/c1-18(2)12-9-13-19(3,4)20(18)23-16(17(21)22-5)14-15-10-7-6-8-11-15/h6-8,10-11,16H,9,12-14H2,1-5H3. The van der Waals surface area contributed by atoms with E-state index in [0.717, 1.165) is 18.4 Å². The summed E-state index contributed by atoms with van der Waals surface area (Å²) in [4.78, 5) is 18.5. The van der Waals surface area contributed by atoms with Gasteiger partial charge < -0.3 is 4.74 Å².